The Labute approximate surface area is 96.2 Å². The maximum Gasteiger partial charge on any atom is 0.126 e. The fourth-order valence-electron chi connectivity index (χ4n) is 2.27. The van der Waals surface area contributed by atoms with Gasteiger partial charge in [0.1, 0.15) is 6.29 Å². The summed E-state index contributed by atoms with van der Waals surface area (Å²) in [4.78, 5) is 11.0. The standard InChI is InChI=1S/C13H18N2O/c1-9-4-3-5-11(6-9)7-13-12(8-16)10(2)14-15-13/h3-6,8,10,12-15H,7H2,1-2H3. The number of hydrogen-bond acceptors (Lipinski definition) is 3. The first-order chi connectivity index (χ1) is 7.70. The van der Waals surface area contributed by atoms with Crippen LogP contribution in [0.5, 0.6) is 0 Å². The molecule has 3 heteroatoms. The maximum atomic E-state index is 11.0. The fraction of sp³-hybridized carbons (Fsp3) is 0.462. The largest absolute Gasteiger partial charge is 0.303 e. The SMILES string of the molecule is Cc1cccc(CC2NNC(C)C2C=O)c1. The van der Waals surface area contributed by atoms with Crippen LogP contribution in [0.15, 0.2) is 24.3 Å². The molecule has 3 nitrogen and oxygen atoms in total. The molecule has 1 saturated heterocycles. The van der Waals surface area contributed by atoms with E-state index in [1.54, 1.807) is 0 Å². The van der Waals surface area contributed by atoms with Crippen molar-refractivity contribution in [3.63, 3.8) is 0 Å². The first kappa shape index (κ1) is 11.3. The minimum atomic E-state index is 0.0560. The Balaban J connectivity index is 2.07. The molecule has 86 valence electrons. The zero-order valence-corrected chi connectivity index (χ0v) is 9.73. The van der Waals surface area contributed by atoms with Crippen molar-refractivity contribution in [2.24, 2.45) is 5.92 Å². The highest BCUT2D eigenvalue weighted by atomic mass is 16.1. The van der Waals surface area contributed by atoms with E-state index < -0.39 is 0 Å². The van der Waals surface area contributed by atoms with Crippen LogP contribution < -0.4 is 10.9 Å². The lowest BCUT2D eigenvalue weighted by Gasteiger charge is -2.15. The molecule has 0 amide bonds. The molecule has 0 radical (unpaired) electrons. The topological polar surface area (TPSA) is 41.1 Å². The average Bonchev–Trinajstić information content (AvgIpc) is 2.59. The molecular formula is C13H18N2O. The van der Waals surface area contributed by atoms with Gasteiger partial charge in [0.05, 0.1) is 0 Å². The van der Waals surface area contributed by atoms with Gasteiger partial charge in [-0.1, -0.05) is 29.8 Å². The van der Waals surface area contributed by atoms with Gasteiger partial charge in [-0.15, -0.1) is 0 Å². The monoisotopic (exact) mass is 218 g/mol. The Morgan fingerprint density at radius 1 is 1.38 bits per heavy atom. The van der Waals surface area contributed by atoms with Crippen LogP contribution in [-0.4, -0.2) is 18.4 Å². The van der Waals surface area contributed by atoms with Gasteiger partial charge in [0.15, 0.2) is 0 Å². The molecule has 1 aliphatic rings. The van der Waals surface area contributed by atoms with Gasteiger partial charge in [-0.3, -0.25) is 10.9 Å². The van der Waals surface area contributed by atoms with Crippen molar-refractivity contribution in [1.29, 1.82) is 0 Å². The Morgan fingerprint density at radius 3 is 2.88 bits per heavy atom. The van der Waals surface area contributed by atoms with Crippen LogP contribution in [0, 0.1) is 12.8 Å². The van der Waals surface area contributed by atoms with Crippen molar-refractivity contribution in [3.8, 4) is 0 Å². The van der Waals surface area contributed by atoms with Crippen LogP contribution in [0.1, 0.15) is 18.1 Å². The highest BCUT2D eigenvalue weighted by molar-refractivity contribution is 5.57. The summed E-state index contributed by atoms with van der Waals surface area (Å²) >= 11 is 0. The summed E-state index contributed by atoms with van der Waals surface area (Å²) in [5.41, 5.74) is 8.86. The third-order valence-corrected chi connectivity index (χ3v) is 3.23. The van der Waals surface area contributed by atoms with Crippen LogP contribution in [0.3, 0.4) is 0 Å². The molecule has 2 N–H and O–H groups in total. The second-order valence-electron chi connectivity index (χ2n) is 4.59. The third-order valence-electron chi connectivity index (χ3n) is 3.23. The van der Waals surface area contributed by atoms with Crippen LogP contribution in [0.2, 0.25) is 0 Å². The number of aldehydes is 1. The molecule has 0 aromatic heterocycles. The molecule has 0 saturated carbocycles. The normalized spacial score (nSPS) is 29.2. The quantitative estimate of drug-likeness (QED) is 0.749. The Bertz CT molecular complexity index is 378. The molecule has 3 unspecified atom stereocenters. The predicted octanol–water partition coefficient (Wildman–Crippen LogP) is 1.22. The fourth-order valence-corrected chi connectivity index (χ4v) is 2.27. The summed E-state index contributed by atoms with van der Waals surface area (Å²) in [7, 11) is 0. The molecule has 16 heavy (non-hydrogen) atoms. The Hall–Kier alpha value is -1.19. The summed E-state index contributed by atoms with van der Waals surface area (Å²) in [5, 5.41) is 0. The molecule has 0 aliphatic carbocycles. The van der Waals surface area contributed by atoms with Gasteiger partial charge >= 0.3 is 0 Å². The van der Waals surface area contributed by atoms with E-state index in [1.807, 2.05) is 6.92 Å². The molecule has 1 fully saturated rings. The van der Waals surface area contributed by atoms with Gasteiger partial charge in [-0.05, 0) is 25.8 Å². The number of rotatable bonds is 3. The van der Waals surface area contributed by atoms with Gasteiger partial charge in [0.25, 0.3) is 0 Å². The van der Waals surface area contributed by atoms with Crippen molar-refractivity contribution >= 4 is 6.29 Å². The van der Waals surface area contributed by atoms with Crippen LogP contribution in [0.4, 0.5) is 0 Å². The smallest absolute Gasteiger partial charge is 0.126 e. The van der Waals surface area contributed by atoms with Crippen molar-refractivity contribution < 1.29 is 4.79 Å². The van der Waals surface area contributed by atoms with E-state index in [4.69, 9.17) is 0 Å². The van der Waals surface area contributed by atoms with E-state index in [-0.39, 0.29) is 18.0 Å². The number of hydrogen-bond donors (Lipinski definition) is 2. The lowest BCUT2D eigenvalue weighted by Crippen LogP contribution is -2.34. The summed E-state index contributed by atoms with van der Waals surface area (Å²) < 4.78 is 0. The number of nitrogens with one attached hydrogen (secondary N) is 2. The van der Waals surface area contributed by atoms with Crippen molar-refractivity contribution in [3.05, 3.63) is 35.4 Å². The summed E-state index contributed by atoms with van der Waals surface area (Å²) in [6, 6.07) is 8.85. The van der Waals surface area contributed by atoms with Crippen molar-refractivity contribution in [2.75, 3.05) is 0 Å². The maximum absolute atomic E-state index is 11.0. The summed E-state index contributed by atoms with van der Waals surface area (Å²) in [5.74, 6) is 0.0560. The lowest BCUT2D eigenvalue weighted by atomic mass is 9.92. The second kappa shape index (κ2) is 4.76. The molecular weight excluding hydrogens is 200 g/mol. The van der Waals surface area contributed by atoms with E-state index in [9.17, 15) is 4.79 Å². The third kappa shape index (κ3) is 2.31. The zero-order chi connectivity index (χ0) is 11.5. The highest BCUT2D eigenvalue weighted by Gasteiger charge is 2.32. The van der Waals surface area contributed by atoms with E-state index in [0.29, 0.717) is 0 Å². The molecule has 3 atom stereocenters. The number of carbonyl (C=O) groups excluding carboxylic acids is 1. The minimum Gasteiger partial charge on any atom is -0.303 e. The summed E-state index contributed by atoms with van der Waals surface area (Å²) in [6.45, 7) is 4.12. The second-order valence-corrected chi connectivity index (χ2v) is 4.59. The first-order valence-electron chi connectivity index (χ1n) is 5.72. The molecule has 1 aromatic carbocycles. The lowest BCUT2D eigenvalue weighted by molar-refractivity contribution is -0.111. The zero-order valence-electron chi connectivity index (χ0n) is 9.73. The van der Waals surface area contributed by atoms with Gasteiger partial charge in [-0.25, -0.2) is 0 Å². The molecule has 2 rings (SSSR count). The molecule has 0 spiro atoms. The number of hydrazine groups is 1. The van der Waals surface area contributed by atoms with E-state index in [1.165, 1.54) is 11.1 Å². The van der Waals surface area contributed by atoms with E-state index in [2.05, 4.69) is 42.0 Å². The van der Waals surface area contributed by atoms with E-state index >= 15 is 0 Å². The van der Waals surface area contributed by atoms with Crippen LogP contribution in [-0.2, 0) is 11.2 Å². The number of benzene rings is 1. The minimum absolute atomic E-state index is 0.0560. The average molecular weight is 218 g/mol. The van der Waals surface area contributed by atoms with Gasteiger partial charge < -0.3 is 4.79 Å². The van der Waals surface area contributed by atoms with Gasteiger partial charge in [-0.2, -0.15) is 0 Å². The van der Waals surface area contributed by atoms with E-state index in [0.717, 1.165) is 12.7 Å². The summed E-state index contributed by atoms with van der Waals surface area (Å²) in [6.07, 6.45) is 1.94. The number of carbonyl (C=O) groups is 1. The molecule has 1 aromatic rings. The van der Waals surface area contributed by atoms with Crippen LogP contribution >= 0.6 is 0 Å². The Morgan fingerprint density at radius 2 is 2.19 bits per heavy atom. The molecule has 1 aliphatic heterocycles. The Kier molecular flexibility index (Phi) is 3.36. The van der Waals surface area contributed by atoms with Crippen molar-refractivity contribution in [2.45, 2.75) is 32.4 Å². The van der Waals surface area contributed by atoms with Crippen molar-refractivity contribution in [1.82, 2.24) is 10.9 Å². The molecule has 0 bridgehead atoms. The van der Waals surface area contributed by atoms with Crippen LogP contribution in [0.25, 0.3) is 0 Å². The predicted molar refractivity (Wildman–Crippen MR) is 64.0 cm³/mol. The first-order valence-corrected chi connectivity index (χ1v) is 5.72. The van der Waals surface area contributed by atoms with Gasteiger partial charge in [0, 0.05) is 18.0 Å². The number of aryl methyl sites for hydroxylation is 1. The highest BCUT2D eigenvalue weighted by Crippen LogP contribution is 2.17. The molecule has 1 heterocycles. The van der Waals surface area contributed by atoms with Gasteiger partial charge in [0.2, 0.25) is 0 Å².